The Hall–Kier alpha value is -3.20. The lowest BCUT2D eigenvalue weighted by atomic mass is 9.94. The van der Waals surface area contributed by atoms with Crippen molar-refractivity contribution >= 4 is 15.7 Å². The number of nitrogens with one attached hydrogen (secondary N) is 1. The van der Waals surface area contributed by atoms with Crippen molar-refractivity contribution in [3.8, 4) is 22.6 Å². The molecule has 0 saturated carbocycles. The van der Waals surface area contributed by atoms with Gasteiger partial charge in [-0.1, -0.05) is 30.3 Å². The highest BCUT2D eigenvalue weighted by Gasteiger charge is 2.34. The van der Waals surface area contributed by atoms with Gasteiger partial charge in [-0.2, -0.15) is 13.2 Å². The van der Waals surface area contributed by atoms with Crippen LogP contribution in [-0.4, -0.2) is 15.2 Å². The second-order valence-electron chi connectivity index (χ2n) is 7.15. The van der Waals surface area contributed by atoms with E-state index < -0.39 is 21.8 Å². The molecule has 1 aliphatic rings. The molecule has 3 aromatic rings. The van der Waals surface area contributed by atoms with E-state index in [2.05, 4.69) is 4.72 Å². The van der Waals surface area contributed by atoms with Crippen molar-refractivity contribution in [3.63, 3.8) is 0 Å². The molecule has 0 atom stereocenters. The number of halogens is 3. The lowest BCUT2D eigenvalue weighted by molar-refractivity contribution is -0.138. The van der Waals surface area contributed by atoms with Gasteiger partial charge in [-0.05, 0) is 48.7 Å². The van der Waals surface area contributed by atoms with E-state index in [0.717, 1.165) is 0 Å². The zero-order valence-corrected chi connectivity index (χ0v) is 17.4. The Kier molecular flexibility index (Phi) is 5.09. The van der Waals surface area contributed by atoms with Crippen molar-refractivity contribution < 1.29 is 31.1 Å². The lowest BCUT2D eigenvalue weighted by Crippen LogP contribution is -2.14. The largest absolute Gasteiger partial charge is 0.454 e. The van der Waals surface area contributed by atoms with Gasteiger partial charge in [-0.3, -0.25) is 4.72 Å². The molecule has 31 heavy (non-hydrogen) atoms. The number of anilines is 1. The van der Waals surface area contributed by atoms with Gasteiger partial charge in [0.05, 0.1) is 16.1 Å². The highest BCUT2D eigenvalue weighted by atomic mass is 32.2. The van der Waals surface area contributed by atoms with Crippen LogP contribution in [0.4, 0.5) is 18.9 Å². The minimum atomic E-state index is -4.49. The molecular weight excluding hydrogens is 431 g/mol. The molecule has 0 radical (unpaired) electrons. The van der Waals surface area contributed by atoms with Crippen molar-refractivity contribution in [1.82, 2.24) is 0 Å². The second kappa shape index (κ2) is 7.49. The minimum Gasteiger partial charge on any atom is -0.454 e. The fraction of sp³-hybridized carbons (Fsp3) is 0.182. The Morgan fingerprint density at radius 2 is 1.48 bits per heavy atom. The van der Waals surface area contributed by atoms with E-state index in [-0.39, 0.29) is 28.5 Å². The monoisotopic (exact) mass is 449 g/mol. The summed E-state index contributed by atoms with van der Waals surface area (Å²) in [7, 11) is -3.94. The first-order valence-electron chi connectivity index (χ1n) is 9.26. The van der Waals surface area contributed by atoms with E-state index in [1.165, 1.54) is 44.2 Å². The first-order chi connectivity index (χ1) is 14.6. The molecule has 0 saturated heterocycles. The van der Waals surface area contributed by atoms with Crippen LogP contribution in [0.15, 0.2) is 59.5 Å². The summed E-state index contributed by atoms with van der Waals surface area (Å²) in [5, 5.41) is 0. The summed E-state index contributed by atoms with van der Waals surface area (Å²) in [5.41, 5.74) is 0.347. The quantitative estimate of drug-likeness (QED) is 0.570. The Balaban J connectivity index is 1.86. The third-order valence-electron chi connectivity index (χ3n) is 4.94. The van der Waals surface area contributed by atoms with Crippen LogP contribution in [-0.2, 0) is 16.2 Å². The molecule has 3 aromatic carbocycles. The Labute approximate surface area is 177 Å². The van der Waals surface area contributed by atoms with E-state index >= 15 is 0 Å². The van der Waals surface area contributed by atoms with Gasteiger partial charge in [0.2, 0.25) is 6.79 Å². The average molecular weight is 449 g/mol. The summed E-state index contributed by atoms with van der Waals surface area (Å²) in [4.78, 5) is 0.0541. The number of rotatable bonds is 4. The predicted octanol–water partition coefficient (Wildman–Crippen LogP) is 5.52. The van der Waals surface area contributed by atoms with Gasteiger partial charge in [0.25, 0.3) is 10.0 Å². The Morgan fingerprint density at radius 3 is 2.06 bits per heavy atom. The van der Waals surface area contributed by atoms with Gasteiger partial charge in [0.15, 0.2) is 11.5 Å². The van der Waals surface area contributed by atoms with Crippen LogP contribution in [0.25, 0.3) is 11.1 Å². The molecule has 0 spiro atoms. The molecule has 0 amide bonds. The summed E-state index contributed by atoms with van der Waals surface area (Å²) in [6.45, 7) is 2.72. The van der Waals surface area contributed by atoms with Gasteiger partial charge < -0.3 is 9.47 Å². The number of ether oxygens (including phenoxy) is 2. The maximum absolute atomic E-state index is 13.4. The molecule has 1 N–H and O–H groups in total. The molecule has 162 valence electrons. The molecule has 0 unspecified atom stereocenters. The lowest BCUT2D eigenvalue weighted by Gasteiger charge is -2.18. The number of benzene rings is 3. The zero-order chi connectivity index (χ0) is 22.4. The maximum atomic E-state index is 13.4. The SMILES string of the molecule is Cc1cc(-c2cc3c(cc2NS(=O)(=O)c2ccccc2)OCO3)cc(C)c1C(F)(F)F. The minimum absolute atomic E-state index is 0.0330. The molecule has 0 aromatic heterocycles. The van der Waals surface area contributed by atoms with Crippen LogP contribution in [0.3, 0.4) is 0 Å². The summed E-state index contributed by atoms with van der Waals surface area (Å²) in [5.74, 6) is 0.725. The van der Waals surface area contributed by atoms with Crippen LogP contribution < -0.4 is 14.2 Å². The molecule has 1 aliphatic heterocycles. The third-order valence-corrected chi connectivity index (χ3v) is 6.32. The van der Waals surface area contributed by atoms with E-state index in [9.17, 15) is 21.6 Å². The predicted molar refractivity (Wildman–Crippen MR) is 110 cm³/mol. The standard InChI is InChI=1S/C22H18F3NO4S/c1-13-8-15(9-14(2)21(13)22(23,24)25)17-10-19-20(30-12-29-19)11-18(17)26-31(27,28)16-6-4-3-5-7-16/h3-11,26H,12H2,1-2H3. The van der Waals surface area contributed by atoms with E-state index in [1.807, 2.05) is 0 Å². The number of hydrogen-bond acceptors (Lipinski definition) is 4. The van der Waals surface area contributed by atoms with Crippen molar-refractivity contribution in [2.45, 2.75) is 24.9 Å². The highest BCUT2D eigenvalue weighted by Crippen LogP contribution is 2.44. The van der Waals surface area contributed by atoms with Gasteiger partial charge in [0.1, 0.15) is 0 Å². The van der Waals surface area contributed by atoms with Crippen LogP contribution in [0.5, 0.6) is 11.5 Å². The van der Waals surface area contributed by atoms with E-state index in [4.69, 9.17) is 9.47 Å². The molecule has 0 aliphatic carbocycles. The van der Waals surface area contributed by atoms with Crippen LogP contribution in [0.1, 0.15) is 16.7 Å². The van der Waals surface area contributed by atoms with Crippen molar-refractivity contribution in [2.75, 3.05) is 11.5 Å². The molecule has 0 bridgehead atoms. The van der Waals surface area contributed by atoms with Crippen molar-refractivity contribution in [3.05, 3.63) is 71.3 Å². The Bertz CT molecular complexity index is 1230. The number of sulfonamides is 1. The summed E-state index contributed by atoms with van der Waals surface area (Å²) < 4.78 is 79.2. The molecule has 0 fully saturated rings. The fourth-order valence-corrected chi connectivity index (χ4v) is 4.73. The van der Waals surface area contributed by atoms with E-state index in [0.29, 0.717) is 22.6 Å². The van der Waals surface area contributed by atoms with Gasteiger partial charge >= 0.3 is 6.18 Å². The van der Waals surface area contributed by atoms with Crippen LogP contribution in [0, 0.1) is 13.8 Å². The molecule has 4 rings (SSSR count). The third kappa shape index (κ3) is 4.05. The maximum Gasteiger partial charge on any atom is 0.416 e. The van der Waals surface area contributed by atoms with Gasteiger partial charge in [-0.25, -0.2) is 8.42 Å². The van der Waals surface area contributed by atoms with Crippen molar-refractivity contribution in [2.24, 2.45) is 0 Å². The summed E-state index contributed by atoms with van der Waals surface area (Å²) in [6.07, 6.45) is -4.49. The van der Waals surface area contributed by atoms with Gasteiger partial charge in [0, 0.05) is 11.6 Å². The molecule has 1 heterocycles. The highest BCUT2D eigenvalue weighted by molar-refractivity contribution is 7.92. The topological polar surface area (TPSA) is 64.6 Å². The Morgan fingerprint density at radius 1 is 0.903 bits per heavy atom. The summed E-state index contributed by atoms with van der Waals surface area (Å²) in [6, 6.07) is 13.6. The second-order valence-corrected chi connectivity index (χ2v) is 8.83. The van der Waals surface area contributed by atoms with Crippen molar-refractivity contribution in [1.29, 1.82) is 0 Å². The number of fused-ring (bicyclic) bond motifs is 1. The van der Waals surface area contributed by atoms with Crippen LogP contribution in [0.2, 0.25) is 0 Å². The van der Waals surface area contributed by atoms with Gasteiger partial charge in [-0.15, -0.1) is 0 Å². The fourth-order valence-electron chi connectivity index (χ4n) is 3.63. The average Bonchev–Trinajstić information content (AvgIpc) is 3.13. The molecule has 5 nitrogen and oxygen atoms in total. The normalized spacial score (nSPS) is 13.3. The number of alkyl halides is 3. The molecular formula is C22H18F3NO4S. The first kappa shape index (κ1) is 21.0. The molecule has 9 heteroatoms. The van der Waals surface area contributed by atoms with Crippen LogP contribution >= 0.6 is 0 Å². The summed E-state index contributed by atoms with van der Waals surface area (Å²) >= 11 is 0. The first-order valence-corrected chi connectivity index (χ1v) is 10.7. The zero-order valence-electron chi connectivity index (χ0n) is 16.6. The van der Waals surface area contributed by atoms with E-state index in [1.54, 1.807) is 24.3 Å². The number of hydrogen-bond donors (Lipinski definition) is 1. The number of aryl methyl sites for hydroxylation is 2. The smallest absolute Gasteiger partial charge is 0.416 e.